The van der Waals surface area contributed by atoms with Gasteiger partial charge in [-0.2, -0.15) is 13.2 Å². The van der Waals surface area contributed by atoms with Crippen LogP contribution in [0.5, 0.6) is 0 Å². The Morgan fingerprint density at radius 2 is 2.04 bits per heavy atom. The van der Waals surface area contributed by atoms with Gasteiger partial charge in [-0.25, -0.2) is 0 Å². The van der Waals surface area contributed by atoms with E-state index in [2.05, 4.69) is 5.32 Å². The van der Waals surface area contributed by atoms with Gasteiger partial charge < -0.3 is 15.0 Å². The molecule has 4 nitrogen and oxygen atoms in total. The van der Waals surface area contributed by atoms with Crippen molar-refractivity contribution in [2.45, 2.75) is 32.0 Å². The number of aliphatic hydroxyl groups excluding tert-OH is 1. The summed E-state index contributed by atoms with van der Waals surface area (Å²) in [5.41, 5.74) is 0.125. The molecule has 0 spiro atoms. The number of aromatic nitrogens is 1. The molecule has 2 aromatic rings. The number of nitrogens with one attached hydrogen (secondary N) is 1. The predicted octanol–water partition coefficient (Wildman–Crippen LogP) is 3.09. The Hall–Kier alpha value is -2.02. The smallest absolute Gasteiger partial charge is 0.396 e. The molecule has 0 aliphatic rings. The molecule has 23 heavy (non-hydrogen) atoms. The van der Waals surface area contributed by atoms with Crippen LogP contribution in [0.25, 0.3) is 10.9 Å². The molecule has 0 fully saturated rings. The highest BCUT2D eigenvalue weighted by atomic mass is 19.4. The van der Waals surface area contributed by atoms with Gasteiger partial charge in [0.25, 0.3) is 5.91 Å². The molecule has 0 saturated carbocycles. The first-order valence-electron chi connectivity index (χ1n) is 7.32. The second kappa shape index (κ2) is 6.62. The van der Waals surface area contributed by atoms with Crippen LogP contribution in [0.3, 0.4) is 0 Å². The lowest BCUT2D eigenvalue weighted by Crippen LogP contribution is -2.33. The van der Waals surface area contributed by atoms with Crippen molar-refractivity contribution in [3.8, 4) is 0 Å². The Kier molecular flexibility index (Phi) is 4.99. The van der Waals surface area contributed by atoms with Gasteiger partial charge in [-0.3, -0.25) is 4.79 Å². The molecule has 126 valence electrons. The molecule has 2 N–H and O–H groups in total. The molecule has 2 rings (SSSR count). The number of rotatable bonds is 5. The number of carbonyl (C=O) groups is 1. The van der Waals surface area contributed by atoms with Crippen molar-refractivity contribution >= 4 is 16.8 Å². The van der Waals surface area contributed by atoms with E-state index in [-0.39, 0.29) is 18.6 Å². The first-order chi connectivity index (χ1) is 10.7. The van der Waals surface area contributed by atoms with Gasteiger partial charge in [-0.1, -0.05) is 0 Å². The fourth-order valence-electron chi connectivity index (χ4n) is 2.51. The third-order valence-corrected chi connectivity index (χ3v) is 3.78. The summed E-state index contributed by atoms with van der Waals surface area (Å²) < 4.78 is 39.9. The number of alkyl halides is 3. The first-order valence-corrected chi connectivity index (χ1v) is 7.32. The fourth-order valence-corrected chi connectivity index (χ4v) is 2.51. The minimum absolute atomic E-state index is 0.0501. The van der Waals surface area contributed by atoms with Crippen LogP contribution >= 0.6 is 0 Å². The third kappa shape index (κ3) is 3.85. The molecule has 7 heteroatoms. The quantitative estimate of drug-likeness (QED) is 0.886. The zero-order valence-electron chi connectivity index (χ0n) is 12.9. The van der Waals surface area contributed by atoms with E-state index < -0.39 is 11.7 Å². The summed E-state index contributed by atoms with van der Waals surface area (Å²) in [6, 6.07) is 4.75. The summed E-state index contributed by atoms with van der Waals surface area (Å²) in [6.45, 7) is 1.87. The number of aryl methyl sites for hydroxylation is 1. The lowest BCUT2D eigenvalue weighted by Gasteiger charge is -2.13. The van der Waals surface area contributed by atoms with Gasteiger partial charge in [0.15, 0.2) is 0 Å². The Morgan fingerprint density at radius 1 is 1.35 bits per heavy atom. The van der Waals surface area contributed by atoms with Crippen LogP contribution in [-0.4, -0.2) is 28.2 Å². The van der Waals surface area contributed by atoms with E-state index in [0.29, 0.717) is 29.4 Å². The van der Waals surface area contributed by atoms with Crippen LogP contribution < -0.4 is 5.32 Å². The Labute approximate surface area is 131 Å². The van der Waals surface area contributed by atoms with E-state index in [0.717, 1.165) is 12.1 Å². The summed E-state index contributed by atoms with van der Waals surface area (Å²) in [4.78, 5) is 12.3. The van der Waals surface area contributed by atoms with Crippen LogP contribution in [-0.2, 0) is 13.2 Å². The molecule has 1 atom stereocenters. The molecular weight excluding hydrogens is 309 g/mol. The maximum Gasteiger partial charge on any atom is 0.416 e. The van der Waals surface area contributed by atoms with Crippen LogP contribution in [0.15, 0.2) is 24.3 Å². The lowest BCUT2D eigenvalue weighted by molar-refractivity contribution is -0.137. The van der Waals surface area contributed by atoms with Crippen LogP contribution in [0.4, 0.5) is 13.2 Å². The SMILES string of the molecule is CC(CCCO)NC(=O)c1cc2cc(C(F)(F)F)ccc2n1C. The van der Waals surface area contributed by atoms with Crippen molar-refractivity contribution in [2.24, 2.45) is 7.05 Å². The highest BCUT2D eigenvalue weighted by molar-refractivity contribution is 5.99. The second-order valence-electron chi connectivity index (χ2n) is 5.60. The Balaban J connectivity index is 2.27. The number of aliphatic hydroxyl groups is 1. The molecule has 1 amide bonds. The zero-order chi connectivity index (χ0) is 17.2. The maximum atomic E-state index is 12.8. The van der Waals surface area contributed by atoms with Gasteiger partial charge in [0.05, 0.1) is 5.56 Å². The van der Waals surface area contributed by atoms with E-state index in [4.69, 9.17) is 5.11 Å². The highest BCUT2D eigenvalue weighted by Crippen LogP contribution is 2.32. The molecule has 1 aromatic carbocycles. The summed E-state index contributed by atoms with van der Waals surface area (Å²) in [6.07, 6.45) is -3.21. The first kappa shape index (κ1) is 17.3. The maximum absolute atomic E-state index is 12.8. The molecule has 1 heterocycles. The van der Waals surface area contributed by atoms with E-state index in [1.807, 2.05) is 6.92 Å². The van der Waals surface area contributed by atoms with Crippen LogP contribution in [0.2, 0.25) is 0 Å². The minimum atomic E-state index is -4.41. The monoisotopic (exact) mass is 328 g/mol. The van der Waals surface area contributed by atoms with Crippen molar-refractivity contribution in [1.29, 1.82) is 0 Å². The summed E-state index contributed by atoms with van der Waals surface area (Å²) in [5.74, 6) is -0.345. The molecule has 0 bridgehead atoms. The highest BCUT2D eigenvalue weighted by Gasteiger charge is 2.30. The molecule has 1 aromatic heterocycles. The summed E-state index contributed by atoms with van der Waals surface area (Å²) >= 11 is 0. The van der Waals surface area contributed by atoms with Gasteiger partial charge in [0, 0.05) is 30.6 Å². The van der Waals surface area contributed by atoms with Gasteiger partial charge in [0.2, 0.25) is 0 Å². The van der Waals surface area contributed by atoms with Crippen molar-refractivity contribution in [3.05, 3.63) is 35.5 Å². The number of nitrogens with zero attached hydrogens (tertiary/aromatic N) is 1. The largest absolute Gasteiger partial charge is 0.416 e. The molecule has 0 saturated heterocycles. The van der Waals surface area contributed by atoms with Crippen LogP contribution in [0.1, 0.15) is 35.8 Å². The third-order valence-electron chi connectivity index (χ3n) is 3.78. The number of fused-ring (bicyclic) bond motifs is 1. The molecule has 0 aliphatic carbocycles. The number of hydrogen-bond donors (Lipinski definition) is 2. The standard InChI is InChI=1S/C16H19F3N2O2/c1-10(4-3-7-22)20-15(23)14-9-11-8-12(16(17,18)19)5-6-13(11)21(14)2/h5-6,8-10,22H,3-4,7H2,1-2H3,(H,20,23). The Bertz CT molecular complexity index is 707. The molecular formula is C16H19F3N2O2. The number of halogens is 3. The number of carbonyl (C=O) groups excluding carboxylic acids is 1. The van der Waals surface area contributed by atoms with Gasteiger partial charge in [-0.05, 0) is 44.0 Å². The average molecular weight is 328 g/mol. The molecule has 0 aliphatic heterocycles. The normalized spacial score (nSPS) is 13.3. The van der Waals surface area contributed by atoms with Gasteiger partial charge in [0.1, 0.15) is 5.69 Å². The van der Waals surface area contributed by atoms with Crippen LogP contribution in [0, 0.1) is 0 Å². The van der Waals surface area contributed by atoms with Crippen molar-refractivity contribution in [2.75, 3.05) is 6.61 Å². The van der Waals surface area contributed by atoms with Crippen molar-refractivity contribution in [3.63, 3.8) is 0 Å². The second-order valence-corrected chi connectivity index (χ2v) is 5.60. The zero-order valence-corrected chi connectivity index (χ0v) is 12.9. The minimum Gasteiger partial charge on any atom is -0.396 e. The molecule has 0 radical (unpaired) electrons. The summed E-state index contributed by atoms with van der Waals surface area (Å²) in [7, 11) is 1.64. The molecule has 1 unspecified atom stereocenters. The Morgan fingerprint density at radius 3 is 2.65 bits per heavy atom. The fraction of sp³-hybridized carbons (Fsp3) is 0.438. The number of amides is 1. The van der Waals surface area contributed by atoms with Gasteiger partial charge in [-0.15, -0.1) is 0 Å². The van der Waals surface area contributed by atoms with Gasteiger partial charge >= 0.3 is 6.18 Å². The van der Waals surface area contributed by atoms with Crippen molar-refractivity contribution in [1.82, 2.24) is 9.88 Å². The van der Waals surface area contributed by atoms with Crippen molar-refractivity contribution < 1.29 is 23.1 Å². The predicted molar refractivity (Wildman–Crippen MR) is 81.2 cm³/mol. The number of benzene rings is 1. The topological polar surface area (TPSA) is 54.3 Å². The van der Waals surface area contributed by atoms with E-state index in [9.17, 15) is 18.0 Å². The summed E-state index contributed by atoms with van der Waals surface area (Å²) in [5, 5.41) is 11.9. The van der Waals surface area contributed by atoms with E-state index in [1.165, 1.54) is 12.1 Å². The lowest BCUT2D eigenvalue weighted by atomic mass is 10.1. The van der Waals surface area contributed by atoms with E-state index in [1.54, 1.807) is 11.6 Å². The average Bonchev–Trinajstić information content (AvgIpc) is 2.81. The van der Waals surface area contributed by atoms with E-state index >= 15 is 0 Å². The number of hydrogen-bond acceptors (Lipinski definition) is 2.